The van der Waals surface area contributed by atoms with Crippen LogP contribution in [0.15, 0.2) is 58.1 Å². The van der Waals surface area contributed by atoms with Crippen molar-refractivity contribution in [1.29, 1.82) is 5.26 Å². The first kappa shape index (κ1) is 16.2. The van der Waals surface area contributed by atoms with Crippen LogP contribution in [0.1, 0.15) is 10.4 Å². The number of carbonyl (C=O) groups excluding carboxylic acids is 1. The van der Waals surface area contributed by atoms with Gasteiger partial charge < -0.3 is 4.74 Å². The van der Waals surface area contributed by atoms with Crippen LogP contribution < -0.4 is 11.2 Å². The van der Waals surface area contributed by atoms with E-state index in [0.717, 1.165) is 4.57 Å². The summed E-state index contributed by atoms with van der Waals surface area (Å²) >= 11 is 0. The molecule has 7 heteroatoms. The van der Waals surface area contributed by atoms with E-state index in [1.807, 2.05) is 6.07 Å². The number of esters is 1. The molecule has 0 aliphatic rings. The van der Waals surface area contributed by atoms with Crippen molar-refractivity contribution in [2.24, 2.45) is 0 Å². The van der Waals surface area contributed by atoms with Crippen molar-refractivity contribution in [2.45, 2.75) is 6.54 Å². The van der Waals surface area contributed by atoms with Crippen molar-refractivity contribution in [3.8, 4) is 11.8 Å². The fourth-order valence-electron chi connectivity index (χ4n) is 2.71. The van der Waals surface area contributed by atoms with Crippen LogP contribution in [0.3, 0.4) is 0 Å². The molecular weight excluding hydrogens is 322 g/mol. The first-order valence-corrected chi connectivity index (χ1v) is 7.39. The third kappa shape index (κ3) is 2.60. The molecule has 1 aromatic heterocycles. The minimum atomic E-state index is -0.693. The summed E-state index contributed by atoms with van der Waals surface area (Å²) in [6.45, 7) is -0.222. The van der Waals surface area contributed by atoms with E-state index >= 15 is 0 Å². The first-order valence-electron chi connectivity index (χ1n) is 7.39. The Hall–Kier alpha value is -3.66. The van der Waals surface area contributed by atoms with Gasteiger partial charge in [-0.3, -0.25) is 9.36 Å². The van der Waals surface area contributed by atoms with E-state index in [4.69, 9.17) is 10.00 Å². The number of rotatable bonds is 3. The van der Waals surface area contributed by atoms with Gasteiger partial charge in [0.05, 0.1) is 35.3 Å². The summed E-state index contributed by atoms with van der Waals surface area (Å²) in [4.78, 5) is 37.8. The monoisotopic (exact) mass is 335 g/mol. The number of nitriles is 1. The molecule has 0 spiro atoms. The molecular formula is C18H13N3O4. The maximum Gasteiger partial charge on any atom is 0.339 e. The Labute approximate surface area is 141 Å². The number of para-hydroxylation sites is 2. The molecule has 124 valence electrons. The van der Waals surface area contributed by atoms with Crippen molar-refractivity contribution in [3.05, 3.63) is 74.9 Å². The number of ether oxygens (including phenoxy) is 1. The lowest BCUT2D eigenvalue weighted by Crippen LogP contribution is -2.39. The highest BCUT2D eigenvalue weighted by Crippen LogP contribution is 2.14. The van der Waals surface area contributed by atoms with Crippen LogP contribution in [0.25, 0.3) is 16.6 Å². The van der Waals surface area contributed by atoms with Crippen LogP contribution in [0.4, 0.5) is 0 Å². The Balaban J connectivity index is 2.48. The van der Waals surface area contributed by atoms with Crippen LogP contribution >= 0.6 is 0 Å². The van der Waals surface area contributed by atoms with Crippen LogP contribution in [0.5, 0.6) is 0 Å². The van der Waals surface area contributed by atoms with Crippen LogP contribution in [0, 0.1) is 11.3 Å². The van der Waals surface area contributed by atoms with Gasteiger partial charge in [0.15, 0.2) is 0 Å². The number of nitrogens with zero attached hydrogens (tertiary/aromatic N) is 3. The molecule has 25 heavy (non-hydrogen) atoms. The summed E-state index contributed by atoms with van der Waals surface area (Å²) in [7, 11) is 1.22. The maximum absolute atomic E-state index is 12.9. The van der Waals surface area contributed by atoms with Crippen molar-refractivity contribution < 1.29 is 9.53 Å². The Morgan fingerprint density at radius 1 is 1.12 bits per heavy atom. The third-order valence-electron chi connectivity index (χ3n) is 3.83. The number of hydrogen-bond acceptors (Lipinski definition) is 5. The van der Waals surface area contributed by atoms with Crippen molar-refractivity contribution >= 4 is 16.9 Å². The normalized spacial score (nSPS) is 10.4. The van der Waals surface area contributed by atoms with E-state index in [2.05, 4.69) is 0 Å². The highest BCUT2D eigenvalue weighted by Gasteiger charge is 2.19. The van der Waals surface area contributed by atoms with E-state index in [1.165, 1.54) is 23.8 Å². The SMILES string of the molecule is COC(=O)c1ccccc1-n1c(=O)c2ccccc2n(CC#N)c1=O. The smallest absolute Gasteiger partial charge is 0.339 e. The maximum atomic E-state index is 12.9. The van der Waals surface area contributed by atoms with Gasteiger partial charge in [-0.05, 0) is 24.3 Å². The molecule has 7 nitrogen and oxygen atoms in total. The molecule has 1 heterocycles. The topological polar surface area (TPSA) is 94.1 Å². The van der Waals surface area contributed by atoms with Gasteiger partial charge in [-0.1, -0.05) is 24.3 Å². The molecule has 0 saturated carbocycles. The zero-order valence-electron chi connectivity index (χ0n) is 13.3. The largest absolute Gasteiger partial charge is 0.465 e. The molecule has 0 unspecified atom stereocenters. The molecule has 0 aliphatic carbocycles. The molecule has 0 radical (unpaired) electrons. The number of aromatic nitrogens is 2. The van der Waals surface area contributed by atoms with Crippen LogP contribution in [-0.2, 0) is 11.3 Å². The number of fused-ring (bicyclic) bond motifs is 1. The number of hydrogen-bond donors (Lipinski definition) is 0. The summed E-state index contributed by atoms with van der Waals surface area (Å²) in [6.07, 6.45) is 0. The minimum Gasteiger partial charge on any atom is -0.465 e. The molecule has 0 amide bonds. The molecule has 2 aromatic carbocycles. The number of methoxy groups -OCH3 is 1. The van der Waals surface area contributed by atoms with Gasteiger partial charge in [-0.15, -0.1) is 0 Å². The average Bonchev–Trinajstić information content (AvgIpc) is 2.65. The summed E-state index contributed by atoms with van der Waals surface area (Å²) in [6, 6.07) is 14.6. The van der Waals surface area contributed by atoms with Crippen molar-refractivity contribution in [3.63, 3.8) is 0 Å². The van der Waals surface area contributed by atoms with Gasteiger partial charge in [0.1, 0.15) is 6.54 Å². The van der Waals surface area contributed by atoms with Gasteiger partial charge >= 0.3 is 11.7 Å². The third-order valence-corrected chi connectivity index (χ3v) is 3.83. The Bertz CT molecular complexity index is 1140. The second kappa shape index (κ2) is 6.45. The molecule has 3 aromatic rings. The number of benzene rings is 2. The second-order valence-electron chi connectivity index (χ2n) is 5.19. The highest BCUT2D eigenvalue weighted by atomic mass is 16.5. The standard InChI is InChI=1S/C18H13N3O4/c1-25-17(23)13-7-3-5-9-15(13)21-16(22)12-6-2-4-8-14(12)20(11-10-19)18(21)24/h2-9H,11H2,1H3. The summed E-state index contributed by atoms with van der Waals surface area (Å²) in [5.41, 5.74) is -0.691. The molecule has 0 bridgehead atoms. The lowest BCUT2D eigenvalue weighted by Gasteiger charge is -2.14. The molecule has 0 saturated heterocycles. The Kier molecular flexibility index (Phi) is 4.18. The highest BCUT2D eigenvalue weighted by molar-refractivity contribution is 5.93. The number of carbonyl (C=O) groups is 1. The molecule has 3 rings (SSSR count). The van der Waals surface area contributed by atoms with E-state index in [-0.39, 0.29) is 23.2 Å². The zero-order chi connectivity index (χ0) is 18.0. The van der Waals surface area contributed by atoms with E-state index in [9.17, 15) is 14.4 Å². The Morgan fingerprint density at radius 3 is 2.52 bits per heavy atom. The molecule has 0 fully saturated rings. The predicted molar refractivity (Wildman–Crippen MR) is 90.8 cm³/mol. The summed E-state index contributed by atoms with van der Waals surface area (Å²) in [5.74, 6) is -0.665. The van der Waals surface area contributed by atoms with Crippen molar-refractivity contribution in [2.75, 3.05) is 7.11 Å². The minimum absolute atomic E-state index is 0.0861. The quantitative estimate of drug-likeness (QED) is 0.676. The van der Waals surface area contributed by atoms with Gasteiger partial charge in [0.25, 0.3) is 5.56 Å². The van der Waals surface area contributed by atoms with Gasteiger partial charge in [0, 0.05) is 0 Å². The van der Waals surface area contributed by atoms with Gasteiger partial charge in [-0.25, -0.2) is 14.2 Å². The van der Waals surface area contributed by atoms with Gasteiger partial charge in [0.2, 0.25) is 0 Å². The van der Waals surface area contributed by atoms with Crippen molar-refractivity contribution in [1.82, 2.24) is 9.13 Å². The fourth-order valence-corrected chi connectivity index (χ4v) is 2.71. The second-order valence-corrected chi connectivity index (χ2v) is 5.19. The van der Waals surface area contributed by atoms with E-state index in [1.54, 1.807) is 36.4 Å². The van der Waals surface area contributed by atoms with Crippen LogP contribution in [-0.4, -0.2) is 22.2 Å². The lowest BCUT2D eigenvalue weighted by atomic mass is 10.1. The lowest BCUT2D eigenvalue weighted by molar-refractivity contribution is 0.0600. The molecule has 0 N–H and O–H groups in total. The van der Waals surface area contributed by atoms with E-state index < -0.39 is 17.2 Å². The summed E-state index contributed by atoms with van der Waals surface area (Å²) in [5, 5.41) is 9.32. The average molecular weight is 335 g/mol. The van der Waals surface area contributed by atoms with E-state index in [0.29, 0.717) is 5.52 Å². The first-order chi connectivity index (χ1) is 12.1. The zero-order valence-corrected chi connectivity index (χ0v) is 13.3. The molecule has 0 aliphatic heterocycles. The Morgan fingerprint density at radius 2 is 1.80 bits per heavy atom. The predicted octanol–water partition coefficient (Wildman–Crippen LogP) is 1.46. The molecule has 0 atom stereocenters. The fraction of sp³-hybridized carbons (Fsp3) is 0.111. The van der Waals surface area contributed by atoms with Gasteiger partial charge in [-0.2, -0.15) is 5.26 Å². The summed E-state index contributed by atoms with van der Waals surface area (Å²) < 4.78 is 6.82. The van der Waals surface area contributed by atoms with Crippen LogP contribution in [0.2, 0.25) is 0 Å².